The molecule has 17 heavy (non-hydrogen) atoms. The number of nitrogens with one attached hydrogen (secondary N) is 1. The van der Waals surface area contributed by atoms with Crippen molar-refractivity contribution in [2.24, 2.45) is 0 Å². The maximum absolute atomic E-state index is 4.54. The van der Waals surface area contributed by atoms with Crippen LogP contribution in [0.3, 0.4) is 0 Å². The quantitative estimate of drug-likeness (QED) is 0.844. The van der Waals surface area contributed by atoms with Crippen molar-refractivity contribution in [2.45, 2.75) is 52.6 Å². The van der Waals surface area contributed by atoms with E-state index in [0.29, 0.717) is 6.04 Å². The Morgan fingerprint density at radius 2 is 2.12 bits per heavy atom. The van der Waals surface area contributed by atoms with E-state index in [9.17, 15) is 0 Å². The number of thiazole rings is 1. The molecule has 0 aliphatic rings. The van der Waals surface area contributed by atoms with Gasteiger partial charge in [-0.2, -0.15) is 0 Å². The summed E-state index contributed by atoms with van der Waals surface area (Å²) in [6.07, 6.45) is 3.11. The van der Waals surface area contributed by atoms with Gasteiger partial charge in [-0.05, 0) is 33.7 Å². The molecular weight excluding hydrogens is 230 g/mol. The number of hydrogen-bond donors (Lipinski definition) is 1. The molecule has 0 spiro atoms. The maximum atomic E-state index is 4.54. The third-order valence-electron chi connectivity index (χ3n) is 3.51. The summed E-state index contributed by atoms with van der Waals surface area (Å²) in [7, 11) is 2.13. The van der Waals surface area contributed by atoms with Crippen molar-refractivity contribution in [1.82, 2.24) is 10.3 Å². The van der Waals surface area contributed by atoms with Crippen LogP contribution in [0, 0.1) is 0 Å². The van der Waals surface area contributed by atoms with E-state index >= 15 is 0 Å². The molecule has 98 valence electrons. The van der Waals surface area contributed by atoms with Crippen LogP contribution in [0.15, 0.2) is 6.20 Å². The molecule has 0 fully saturated rings. The van der Waals surface area contributed by atoms with E-state index in [1.165, 1.54) is 4.88 Å². The number of anilines is 1. The molecule has 3 nitrogen and oxygen atoms in total. The van der Waals surface area contributed by atoms with Crippen LogP contribution in [0.1, 0.15) is 52.0 Å². The fourth-order valence-electron chi connectivity index (χ4n) is 1.54. The molecule has 1 heterocycles. The third-order valence-corrected chi connectivity index (χ3v) is 4.77. The monoisotopic (exact) mass is 255 g/mol. The Morgan fingerprint density at radius 3 is 2.65 bits per heavy atom. The van der Waals surface area contributed by atoms with E-state index in [2.05, 4.69) is 56.9 Å². The smallest absolute Gasteiger partial charge is 0.185 e. The molecule has 0 bridgehead atoms. The van der Waals surface area contributed by atoms with Crippen LogP contribution < -0.4 is 10.2 Å². The Morgan fingerprint density at radius 1 is 1.47 bits per heavy atom. The first-order valence-electron chi connectivity index (χ1n) is 6.35. The van der Waals surface area contributed by atoms with Gasteiger partial charge >= 0.3 is 0 Å². The Labute approximate surface area is 109 Å². The molecule has 1 atom stereocenters. The van der Waals surface area contributed by atoms with Crippen molar-refractivity contribution >= 4 is 16.5 Å². The molecule has 0 saturated heterocycles. The van der Waals surface area contributed by atoms with E-state index < -0.39 is 0 Å². The van der Waals surface area contributed by atoms with Gasteiger partial charge in [-0.15, -0.1) is 11.3 Å². The zero-order chi connectivity index (χ0) is 13.1. The van der Waals surface area contributed by atoms with Crippen molar-refractivity contribution in [1.29, 1.82) is 0 Å². The summed E-state index contributed by atoms with van der Waals surface area (Å²) in [5.74, 6) is 0. The largest absolute Gasteiger partial charge is 0.346 e. The van der Waals surface area contributed by atoms with E-state index in [1.807, 2.05) is 6.20 Å². The molecule has 1 rings (SSSR count). The van der Waals surface area contributed by atoms with Gasteiger partial charge in [-0.25, -0.2) is 4.98 Å². The van der Waals surface area contributed by atoms with Crippen LogP contribution in [0.5, 0.6) is 0 Å². The third kappa shape index (κ3) is 3.42. The highest BCUT2D eigenvalue weighted by atomic mass is 32.1. The Hall–Kier alpha value is -0.610. The van der Waals surface area contributed by atoms with E-state index in [1.54, 1.807) is 11.3 Å². The minimum Gasteiger partial charge on any atom is -0.346 e. The van der Waals surface area contributed by atoms with Gasteiger partial charge in [0.2, 0.25) is 0 Å². The van der Waals surface area contributed by atoms with Gasteiger partial charge in [0, 0.05) is 29.7 Å². The average molecular weight is 255 g/mol. The zero-order valence-corrected chi connectivity index (χ0v) is 12.7. The SMILES string of the molecule is CCNC(C)c1cnc(N(C)C(C)(C)CC)s1. The molecule has 0 radical (unpaired) electrons. The van der Waals surface area contributed by atoms with Crippen molar-refractivity contribution in [3.63, 3.8) is 0 Å². The Bertz CT molecular complexity index is 346. The summed E-state index contributed by atoms with van der Waals surface area (Å²) in [5, 5.41) is 4.53. The first-order chi connectivity index (χ1) is 7.92. The molecular formula is C13H25N3S. The molecule has 4 heteroatoms. The lowest BCUT2D eigenvalue weighted by Crippen LogP contribution is -2.40. The van der Waals surface area contributed by atoms with Crippen LogP contribution in [0.2, 0.25) is 0 Å². The first-order valence-corrected chi connectivity index (χ1v) is 7.17. The molecule has 0 saturated carbocycles. The topological polar surface area (TPSA) is 28.2 Å². The highest BCUT2D eigenvalue weighted by molar-refractivity contribution is 7.15. The van der Waals surface area contributed by atoms with Crippen LogP contribution in [0.4, 0.5) is 5.13 Å². The van der Waals surface area contributed by atoms with E-state index in [0.717, 1.165) is 18.1 Å². The van der Waals surface area contributed by atoms with Crippen molar-refractivity contribution in [2.75, 3.05) is 18.5 Å². The zero-order valence-electron chi connectivity index (χ0n) is 11.9. The number of hydrogen-bond acceptors (Lipinski definition) is 4. The van der Waals surface area contributed by atoms with Gasteiger partial charge in [0.1, 0.15) is 0 Å². The van der Waals surface area contributed by atoms with Gasteiger partial charge in [-0.3, -0.25) is 0 Å². The van der Waals surface area contributed by atoms with E-state index in [-0.39, 0.29) is 5.54 Å². The summed E-state index contributed by atoms with van der Waals surface area (Å²) >= 11 is 1.78. The predicted molar refractivity (Wildman–Crippen MR) is 77.0 cm³/mol. The normalized spacial score (nSPS) is 13.8. The van der Waals surface area contributed by atoms with Gasteiger partial charge < -0.3 is 10.2 Å². The van der Waals surface area contributed by atoms with Crippen molar-refractivity contribution in [3.8, 4) is 0 Å². The standard InChI is InChI=1S/C13H25N3S/c1-7-13(4,5)16(6)12-15-9-11(17-12)10(3)14-8-2/h9-10,14H,7-8H2,1-6H3. The second-order valence-electron chi connectivity index (χ2n) is 5.05. The number of nitrogens with zero attached hydrogens (tertiary/aromatic N) is 2. The molecule has 1 aromatic heterocycles. The summed E-state index contributed by atoms with van der Waals surface area (Å²) in [5.41, 5.74) is 0.163. The number of rotatable bonds is 6. The summed E-state index contributed by atoms with van der Waals surface area (Å²) < 4.78 is 0. The second-order valence-corrected chi connectivity index (χ2v) is 6.09. The van der Waals surface area contributed by atoms with Gasteiger partial charge in [0.25, 0.3) is 0 Å². The van der Waals surface area contributed by atoms with Crippen molar-refractivity contribution in [3.05, 3.63) is 11.1 Å². The molecule has 0 amide bonds. The fraction of sp³-hybridized carbons (Fsp3) is 0.769. The lowest BCUT2D eigenvalue weighted by Gasteiger charge is -2.34. The Balaban J connectivity index is 2.80. The predicted octanol–water partition coefficient (Wildman–Crippen LogP) is 3.44. The fourth-order valence-corrected chi connectivity index (χ4v) is 2.60. The lowest BCUT2D eigenvalue weighted by molar-refractivity contribution is 0.470. The highest BCUT2D eigenvalue weighted by Crippen LogP contribution is 2.31. The highest BCUT2D eigenvalue weighted by Gasteiger charge is 2.24. The van der Waals surface area contributed by atoms with Crippen LogP contribution in [-0.2, 0) is 0 Å². The second kappa shape index (κ2) is 5.83. The molecule has 1 N–H and O–H groups in total. The maximum Gasteiger partial charge on any atom is 0.185 e. The molecule has 1 aromatic rings. The minimum atomic E-state index is 0.163. The molecule has 0 aromatic carbocycles. The summed E-state index contributed by atoms with van der Waals surface area (Å²) in [6, 6.07) is 0.393. The Kier molecular flexibility index (Phi) is 4.95. The number of aromatic nitrogens is 1. The molecule has 0 aliphatic carbocycles. The van der Waals surface area contributed by atoms with Crippen LogP contribution >= 0.6 is 11.3 Å². The summed E-state index contributed by atoms with van der Waals surface area (Å²) in [6.45, 7) is 12.0. The van der Waals surface area contributed by atoms with Crippen molar-refractivity contribution < 1.29 is 0 Å². The van der Waals surface area contributed by atoms with Crippen LogP contribution in [-0.4, -0.2) is 24.1 Å². The van der Waals surface area contributed by atoms with Gasteiger partial charge in [0.15, 0.2) is 5.13 Å². The molecule has 1 unspecified atom stereocenters. The van der Waals surface area contributed by atoms with E-state index in [4.69, 9.17) is 0 Å². The molecule has 0 aliphatic heterocycles. The first kappa shape index (κ1) is 14.5. The van der Waals surface area contributed by atoms with Crippen LogP contribution in [0.25, 0.3) is 0 Å². The van der Waals surface area contributed by atoms with Gasteiger partial charge in [-0.1, -0.05) is 13.8 Å². The summed E-state index contributed by atoms with van der Waals surface area (Å²) in [4.78, 5) is 8.12. The lowest BCUT2D eigenvalue weighted by atomic mass is 10.0. The average Bonchev–Trinajstić information content (AvgIpc) is 2.77. The van der Waals surface area contributed by atoms with Gasteiger partial charge in [0.05, 0.1) is 0 Å². The minimum absolute atomic E-state index is 0.163.